The minimum atomic E-state index is -0.449. The van der Waals surface area contributed by atoms with E-state index < -0.39 is 6.04 Å². The summed E-state index contributed by atoms with van der Waals surface area (Å²) in [6, 6.07) is -0.449. The van der Waals surface area contributed by atoms with Crippen LogP contribution in [0.15, 0.2) is 5.38 Å². The van der Waals surface area contributed by atoms with E-state index in [0.717, 1.165) is 17.8 Å². The summed E-state index contributed by atoms with van der Waals surface area (Å²) >= 11 is 1.42. The molecule has 6 nitrogen and oxygen atoms in total. The van der Waals surface area contributed by atoms with Gasteiger partial charge < -0.3 is 16.4 Å². The Bertz CT molecular complexity index is 460. The zero-order chi connectivity index (χ0) is 13.7. The fourth-order valence-corrected chi connectivity index (χ4v) is 2.76. The van der Waals surface area contributed by atoms with Crippen molar-refractivity contribution in [1.82, 2.24) is 15.6 Å². The van der Waals surface area contributed by atoms with Crippen LogP contribution in [0.1, 0.15) is 34.8 Å². The minimum absolute atomic E-state index is 0.108. The van der Waals surface area contributed by atoms with Crippen LogP contribution in [0.2, 0.25) is 0 Å². The van der Waals surface area contributed by atoms with Crippen molar-refractivity contribution >= 4 is 23.2 Å². The average Bonchev–Trinajstić information content (AvgIpc) is 2.77. The smallest absolute Gasteiger partial charge is 0.271 e. The minimum Gasteiger partial charge on any atom is -0.354 e. The summed E-state index contributed by atoms with van der Waals surface area (Å²) in [4.78, 5) is 27.9. The molecule has 1 aliphatic heterocycles. The van der Waals surface area contributed by atoms with E-state index in [1.165, 1.54) is 11.3 Å². The predicted octanol–water partition coefficient (Wildman–Crippen LogP) is 0.0428. The van der Waals surface area contributed by atoms with E-state index in [1.54, 1.807) is 5.38 Å². The number of amides is 2. The van der Waals surface area contributed by atoms with Crippen molar-refractivity contribution in [3.63, 3.8) is 0 Å². The zero-order valence-corrected chi connectivity index (χ0v) is 11.5. The molecule has 1 saturated heterocycles. The Labute approximate surface area is 115 Å². The van der Waals surface area contributed by atoms with Crippen molar-refractivity contribution in [3.05, 3.63) is 16.1 Å². The number of carbonyl (C=O) groups excluding carboxylic acids is 2. The standard InChI is InChI=1S/C12H18N4O2S/c13-5-4-10-15-9(7-19-10)12(18)16-8-3-1-2-6-14-11(8)17/h7-8H,1-6,13H2,(H,14,17)(H,16,18). The molecule has 0 spiro atoms. The van der Waals surface area contributed by atoms with E-state index in [1.807, 2.05) is 0 Å². The van der Waals surface area contributed by atoms with E-state index in [-0.39, 0.29) is 11.8 Å². The summed E-state index contributed by atoms with van der Waals surface area (Å²) in [6.45, 7) is 1.20. The molecule has 1 atom stereocenters. The third-order valence-corrected chi connectivity index (χ3v) is 3.89. The Morgan fingerprint density at radius 2 is 2.42 bits per heavy atom. The van der Waals surface area contributed by atoms with Gasteiger partial charge in [0.05, 0.1) is 5.01 Å². The van der Waals surface area contributed by atoms with Crippen LogP contribution < -0.4 is 16.4 Å². The second-order valence-electron chi connectivity index (χ2n) is 4.48. The van der Waals surface area contributed by atoms with E-state index in [4.69, 9.17) is 5.73 Å². The maximum atomic E-state index is 12.0. The van der Waals surface area contributed by atoms with Crippen LogP contribution >= 0.6 is 11.3 Å². The lowest BCUT2D eigenvalue weighted by atomic mass is 10.1. The summed E-state index contributed by atoms with van der Waals surface area (Å²) < 4.78 is 0. The SMILES string of the molecule is NCCc1nc(C(=O)NC2CCCCNC2=O)cs1. The number of nitrogens with one attached hydrogen (secondary N) is 2. The van der Waals surface area contributed by atoms with Crippen LogP contribution in [-0.2, 0) is 11.2 Å². The molecular weight excluding hydrogens is 264 g/mol. The Morgan fingerprint density at radius 1 is 1.58 bits per heavy atom. The van der Waals surface area contributed by atoms with E-state index in [9.17, 15) is 9.59 Å². The molecule has 1 aromatic rings. The van der Waals surface area contributed by atoms with Gasteiger partial charge in [-0.2, -0.15) is 0 Å². The molecule has 0 bridgehead atoms. The van der Waals surface area contributed by atoms with Crippen molar-refractivity contribution in [2.45, 2.75) is 31.7 Å². The van der Waals surface area contributed by atoms with Gasteiger partial charge in [-0.1, -0.05) is 0 Å². The first-order valence-electron chi connectivity index (χ1n) is 6.43. The third-order valence-electron chi connectivity index (χ3n) is 2.98. The lowest BCUT2D eigenvalue weighted by Gasteiger charge is -2.14. The molecule has 2 rings (SSSR count). The van der Waals surface area contributed by atoms with Crippen molar-refractivity contribution in [2.24, 2.45) is 5.73 Å². The lowest BCUT2D eigenvalue weighted by molar-refractivity contribution is -0.122. The fourth-order valence-electron chi connectivity index (χ4n) is 1.96. The highest BCUT2D eigenvalue weighted by molar-refractivity contribution is 7.09. The third kappa shape index (κ3) is 3.74. The highest BCUT2D eigenvalue weighted by atomic mass is 32.1. The van der Waals surface area contributed by atoms with Gasteiger partial charge in [0.15, 0.2) is 0 Å². The van der Waals surface area contributed by atoms with Gasteiger partial charge in [0.2, 0.25) is 5.91 Å². The number of nitrogens with two attached hydrogens (primary N) is 1. The fraction of sp³-hybridized carbons (Fsp3) is 0.583. The Hall–Kier alpha value is -1.47. The number of hydrogen-bond acceptors (Lipinski definition) is 5. The molecule has 4 N–H and O–H groups in total. The zero-order valence-electron chi connectivity index (χ0n) is 10.6. The van der Waals surface area contributed by atoms with Crippen LogP contribution in [0.3, 0.4) is 0 Å². The monoisotopic (exact) mass is 282 g/mol. The topological polar surface area (TPSA) is 97.1 Å². The molecule has 0 saturated carbocycles. The van der Waals surface area contributed by atoms with Gasteiger partial charge in [0, 0.05) is 18.3 Å². The van der Waals surface area contributed by atoms with Crippen LogP contribution in [-0.4, -0.2) is 35.9 Å². The summed E-state index contributed by atoms with van der Waals surface area (Å²) in [5, 5.41) is 8.08. The van der Waals surface area contributed by atoms with Gasteiger partial charge in [-0.25, -0.2) is 4.98 Å². The number of rotatable bonds is 4. The van der Waals surface area contributed by atoms with Crippen LogP contribution in [0.4, 0.5) is 0 Å². The first-order valence-corrected chi connectivity index (χ1v) is 7.31. The number of carbonyl (C=O) groups is 2. The summed E-state index contributed by atoms with van der Waals surface area (Å²) in [6.07, 6.45) is 3.23. The number of nitrogens with zero attached hydrogens (tertiary/aromatic N) is 1. The predicted molar refractivity (Wildman–Crippen MR) is 73.0 cm³/mol. The molecule has 1 unspecified atom stereocenters. The van der Waals surface area contributed by atoms with Crippen LogP contribution in [0.5, 0.6) is 0 Å². The van der Waals surface area contributed by atoms with Gasteiger partial charge in [0.1, 0.15) is 11.7 Å². The van der Waals surface area contributed by atoms with Crippen molar-refractivity contribution in [2.75, 3.05) is 13.1 Å². The Morgan fingerprint density at radius 3 is 3.21 bits per heavy atom. The number of hydrogen-bond donors (Lipinski definition) is 3. The van der Waals surface area contributed by atoms with Gasteiger partial charge in [-0.15, -0.1) is 11.3 Å². The normalized spacial score (nSPS) is 19.6. The van der Waals surface area contributed by atoms with Gasteiger partial charge in [-0.05, 0) is 25.8 Å². The maximum Gasteiger partial charge on any atom is 0.271 e. The van der Waals surface area contributed by atoms with E-state index in [0.29, 0.717) is 31.6 Å². The molecular formula is C12H18N4O2S. The summed E-state index contributed by atoms with van der Waals surface area (Å²) in [5.74, 6) is -0.398. The molecule has 1 fully saturated rings. The molecule has 1 aromatic heterocycles. The molecule has 0 aromatic carbocycles. The lowest BCUT2D eigenvalue weighted by Crippen LogP contribution is -2.45. The largest absolute Gasteiger partial charge is 0.354 e. The molecule has 2 amide bonds. The molecule has 104 valence electrons. The molecule has 1 aliphatic rings. The number of aromatic nitrogens is 1. The van der Waals surface area contributed by atoms with Crippen molar-refractivity contribution in [1.29, 1.82) is 0 Å². The van der Waals surface area contributed by atoms with E-state index in [2.05, 4.69) is 15.6 Å². The maximum absolute atomic E-state index is 12.0. The molecule has 7 heteroatoms. The van der Waals surface area contributed by atoms with Gasteiger partial charge in [0.25, 0.3) is 5.91 Å². The Balaban J connectivity index is 1.96. The molecule has 0 radical (unpaired) electrons. The van der Waals surface area contributed by atoms with Gasteiger partial charge in [-0.3, -0.25) is 9.59 Å². The molecule has 2 heterocycles. The first-order chi connectivity index (χ1) is 9.20. The Kier molecular flexibility index (Phi) is 4.86. The summed E-state index contributed by atoms with van der Waals surface area (Å²) in [5.41, 5.74) is 5.81. The van der Waals surface area contributed by atoms with Crippen LogP contribution in [0.25, 0.3) is 0 Å². The molecule has 0 aliphatic carbocycles. The van der Waals surface area contributed by atoms with Crippen molar-refractivity contribution in [3.8, 4) is 0 Å². The van der Waals surface area contributed by atoms with Crippen LogP contribution in [0, 0.1) is 0 Å². The van der Waals surface area contributed by atoms with Crippen molar-refractivity contribution < 1.29 is 9.59 Å². The van der Waals surface area contributed by atoms with Gasteiger partial charge >= 0.3 is 0 Å². The highest BCUT2D eigenvalue weighted by Crippen LogP contribution is 2.11. The average molecular weight is 282 g/mol. The number of thiazole rings is 1. The quantitative estimate of drug-likeness (QED) is 0.726. The highest BCUT2D eigenvalue weighted by Gasteiger charge is 2.23. The first kappa shape index (κ1) is 14.0. The summed E-state index contributed by atoms with van der Waals surface area (Å²) in [7, 11) is 0. The second kappa shape index (κ2) is 6.63. The second-order valence-corrected chi connectivity index (χ2v) is 5.42. The molecule has 19 heavy (non-hydrogen) atoms. The van der Waals surface area contributed by atoms with E-state index >= 15 is 0 Å².